The fourth-order valence-corrected chi connectivity index (χ4v) is 5.75. The van der Waals surface area contributed by atoms with E-state index < -0.39 is 22.4 Å². The number of pyridine rings is 1. The Morgan fingerprint density at radius 2 is 1.68 bits per heavy atom. The summed E-state index contributed by atoms with van der Waals surface area (Å²) in [4.78, 5) is 30.8. The molecule has 1 saturated heterocycles. The Bertz CT molecular complexity index is 1220. The summed E-state index contributed by atoms with van der Waals surface area (Å²) in [5, 5.41) is 14.1. The minimum atomic E-state index is -4.82. The molecule has 0 radical (unpaired) electrons. The predicted octanol–water partition coefficient (Wildman–Crippen LogP) is 6.01. The molecule has 5 rings (SSSR count). The predicted molar refractivity (Wildman–Crippen MR) is 145 cm³/mol. The highest BCUT2D eigenvalue weighted by Gasteiger charge is 2.38. The topological polar surface area (TPSA) is 110 Å². The molecule has 0 atom stereocenters. The maximum atomic E-state index is 13.3. The molecule has 2 saturated carbocycles. The lowest BCUT2D eigenvalue weighted by molar-refractivity contribution is -0.388. The number of hydrogen-bond donors (Lipinski definition) is 1. The van der Waals surface area contributed by atoms with E-state index in [1.54, 1.807) is 17.2 Å². The first-order valence-electron chi connectivity index (χ1n) is 14.1. The number of carbonyl (C=O) groups is 1. The van der Waals surface area contributed by atoms with E-state index in [2.05, 4.69) is 15.2 Å². The van der Waals surface area contributed by atoms with Gasteiger partial charge in [0.2, 0.25) is 0 Å². The smallest absolute Gasteiger partial charge is 0.423 e. The average molecular weight is 578 g/mol. The molecule has 3 aliphatic rings. The van der Waals surface area contributed by atoms with Gasteiger partial charge in [-0.25, -0.2) is 9.78 Å². The summed E-state index contributed by atoms with van der Waals surface area (Å²) in [5.74, 6) is 1.47. The number of benzene rings is 1. The summed E-state index contributed by atoms with van der Waals surface area (Å²) in [5.41, 5.74) is -2.01. The van der Waals surface area contributed by atoms with Crippen LogP contribution in [-0.2, 0) is 10.9 Å². The molecule has 0 unspecified atom stereocenters. The highest BCUT2D eigenvalue weighted by molar-refractivity contribution is 5.68. The van der Waals surface area contributed by atoms with E-state index in [0.29, 0.717) is 57.6 Å². The molecule has 1 aliphatic heterocycles. The van der Waals surface area contributed by atoms with Crippen molar-refractivity contribution in [2.75, 3.05) is 36.4 Å². The van der Waals surface area contributed by atoms with Crippen molar-refractivity contribution in [2.24, 2.45) is 0 Å². The third kappa shape index (κ3) is 7.31. The molecule has 1 N–H and O–H groups in total. The van der Waals surface area contributed by atoms with E-state index in [9.17, 15) is 28.1 Å². The van der Waals surface area contributed by atoms with Crippen LogP contribution in [0.4, 0.5) is 35.2 Å². The average Bonchev–Trinajstić information content (AvgIpc) is 3.47. The van der Waals surface area contributed by atoms with E-state index in [1.807, 2.05) is 6.07 Å². The number of nitrogens with zero attached hydrogens (tertiary/aromatic N) is 4. The number of halogens is 3. The summed E-state index contributed by atoms with van der Waals surface area (Å²) in [6, 6.07) is 6.64. The number of alkyl halides is 3. The highest BCUT2D eigenvalue weighted by Crippen LogP contribution is 2.38. The van der Waals surface area contributed by atoms with Gasteiger partial charge in [0, 0.05) is 56.2 Å². The Labute approximate surface area is 236 Å². The second-order valence-corrected chi connectivity index (χ2v) is 10.8. The molecule has 2 heterocycles. The van der Waals surface area contributed by atoms with Gasteiger partial charge in [0.05, 0.1) is 11.0 Å². The monoisotopic (exact) mass is 577 g/mol. The normalized spacial score (nSPS) is 21.9. The van der Waals surface area contributed by atoms with Gasteiger partial charge in [0.1, 0.15) is 23.2 Å². The van der Waals surface area contributed by atoms with E-state index in [4.69, 9.17) is 9.47 Å². The Balaban J connectivity index is 1.09. The first-order chi connectivity index (χ1) is 19.7. The molecule has 10 nitrogen and oxygen atoms in total. The zero-order valence-corrected chi connectivity index (χ0v) is 22.6. The minimum Gasteiger partial charge on any atom is -0.490 e. The van der Waals surface area contributed by atoms with Crippen LogP contribution in [-0.4, -0.2) is 65.3 Å². The standard InChI is InChI=1S/C28H34F3N5O5/c29-28(30,31)24-17-20(7-10-25(24)36(38)39)33-19-5-8-22(9-6-19)40-23-11-12-32-26(18-23)34-13-15-35(16-14-34)27(37)41-21-3-1-2-4-21/h7,10-12,17-19,21-22,33H,1-6,8-9,13-16H2/t19-,22-. The second kappa shape index (κ2) is 12.4. The van der Waals surface area contributed by atoms with Gasteiger partial charge < -0.3 is 24.6 Å². The minimum absolute atomic E-state index is 0.0476. The lowest BCUT2D eigenvalue weighted by Gasteiger charge is -2.35. The molecule has 1 aromatic heterocycles. The summed E-state index contributed by atoms with van der Waals surface area (Å²) in [7, 11) is 0. The van der Waals surface area contributed by atoms with Crippen LogP contribution in [0, 0.1) is 10.1 Å². The number of anilines is 2. The third-order valence-electron chi connectivity index (χ3n) is 7.99. The Kier molecular flexibility index (Phi) is 8.69. The molecule has 222 valence electrons. The molecule has 0 spiro atoms. The van der Waals surface area contributed by atoms with E-state index in [-0.39, 0.29) is 30.0 Å². The van der Waals surface area contributed by atoms with Gasteiger partial charge in [-0.15, -0.1) is 0 Å². The quantitative estimate of drug-likeness (QED) is 0.315. The highest BCUT2D eigenvalue weighted by atomic mass is 19.4. The molecule has 41 heavy (non-hydrogen) atoms. The molecule has 1 amide bonds. The van der Waals surface area contributed by atoms with Crippen molar-refractivity contribution in [2.45, 2.75) is 75.8 Å². The molecule has 2 aliphatic carbocycles. The van der Waals surface area contributed by atoms with Crippen molar-refractivity contribution in [3.05, 3.63) is 52.2 Å². The number of piperazine rings is 1. The van der Waals surface area contributed by atoms with Crippen LogP contribution in [0.3, 0.4) is 0 Å². The number of nitro groups is 1. The number of nitrogens with one attached hydrogen (secondary N) is 1. The Morgan fingerprint density at radius 3 is 2.34 bits per heavy atom. The summed E-state index contributed by atoms with van der Waals surface area (Å²) < 4.78 is 51.8. The Hall–Kier alpha value is -3.77. The van der Waals surface area contributed by atoms with Crippen molar-refractivity contribution >= 4 is 23.3 Å². The largest absolute Gasteiger partial charge is 0.490 e. The van der Waals surface area contributed by atoms with Crippen LogP contribution in [0.2, 0.25) is 0 Å². The Morgan fingerprint density at radius 1 is 0.976 bits per heavy atom. The van der Waals surface area contributed by atoms with E-state index in [1.165, 1.54) is 6.07 Å². The lowest BCUT2D eigenvalue weighted by atomic mass is 9.92. The number of amides is 1. The number of ether oxygens (including phenoxy) is 2. The number of aromatic nitrogens is 1. The maximum absolute atomic E-state index is 13.3. The van der Waals surface area contributed by atoms with Gasteiger partial charge in [-0.2, -0.15) is 13.2 Å². The molecular weight excluding hydrogens is 543 g/mol. The van der Waals surface area contributed by atoms with Crippen LogP contribution < -0.4 is 15.0 Å². The lowest BCUT2D eigenvalue weighted by Crippen LogP contribution is -2.49. The molecule has 1 aromatic carbocycles. The first kappa shape index (κ1) is 28.7. The molecule has 3 fully saturated rings. The molecule has 2 aromatic rings. The summed E-state index contributed by atoms with van der Waals surface area (Å²) >= 11 is 0. The van der Waals surface area contributed by atoms with Crippen molar-refractivity contribution < 1.29 is 32.4 Å². The maximum Gasteiger partial charge on any atom is 0.423 e. The van der Waals surface area contributed by atoms with Gasteiger partial charge in [0.15, 0.2) is 0 Å². The van der Waals surface area contributed by atoms with Gasteiger partial charge in [0.25, 0.3) is 5.69 Å². The number of nitro benzene ring substituents is 1. The van der Waals surface area contributed by atoms with Crippen LogP contribution in [0.15, 0.2) is 36.5 Å². The summed E-state index contributed by atoms with van der Waals surface area (Å²) in [6.45, 7) is 2.42. The first-order valence-corrected chi connectivity index (χ1v) is 14.1. The molecule has 0 bridgehead atoms. The molecular formula is C28H34F3N5O5. The zero-order chi connectivity index (χ0) is 29.0. The fraction of sp³-hybridized carbons (Fsp3) is 0.571. The van der Waals surface area contributed by atoms with E-state index >= 15 is 0 Å². The van der Waals surface area contributed by atoms with Crippen molar-refractivity contribution in [1.82, 2.24) is 9.88 Å². The molecule has 13 heteroatoms. The van der Waals surface area contributed by atoms with Crippen molar-refractivity contribution in [1.29, 1.82) is 0 Å². The van der Waals surface area contributed by atoms with Crippen LogP contribution in [0.1, 0.15) is 56.9 Å². The SMILES string of the molecule is O=C(OC1CCCC1)N1CCN(c2cc(O[C@H]3CC[C@H](Nc4ccc([N+](=O)[O-])c(C(F)(F)F)c4)CC3)ccn2)CC1. The van der Waals surface area contributed by atoms with Crippen LogP contribution >= 0.6 is 0 Å². The van der Waals surface area contributed by atoms with Gasteiger partial charge in [-0.1, -0.05) is 0 Å². The van der Waals surface area contributed by atoms with Crippen LogP contribution in [0.5, 0.6) is 5.75 Å². The fourth-order valence-electron chi connectivity index (χ4n) is 5.75. The van der Waals surface area contributed by atoms with E-state index in [0.717, 1.165) is 43.6 Å². The van der Waals surface area contributed by atoms with Crippen molar-refractivity contribution in [3.8, 4) is 5.75 Å². The number of hydrogen-bond acceptors (Lipinski definition) is 8. The summed E-state index contributed by atoms with van der Waals surface area (Å²) in [6.07, 6.45) is 3.54. The van der Waals surface area contributed by atoms with Gasteiger partial charge in [-0.3, -0.25) is 10.1 Å². The van der Waals surface area contributed by atoms with Gasteiger partial charge >= 0.3 is 12.3 Å². The van der Waals surface area contributed by atoms with Crippen molar-refractivity contribution in [3.63, 3.8) is 0 Å². The second-order valence-electron chi connectivity index (χ2n) is 10.8. The van der Waals surface area contributed by atoms with Crippen LogP contribution in [0.25, 0.3) is 0 Å². The third-order valence-corrected chi connectivity index (χ3v) is 7.99. The number of rotatable bonds is 7. The zero-order valence-electron chi connectivity index (χ0n) is 22.6. The van der Waals surface area contributed by atoms with Gasteiger partial charge in [-0.05, 0) is 69.6 Å². The number of carbonyl (C=O) groups excluding carboxylic acids is 1.